The fourth-order valence-corrected chi connectivity index (χ4v) is 2.91. The highest BCUT2D eigenvalue weighted by atomic mass is 15.1. The summed E-state index contributed by atoms with van der Waals surface area (Å²) in [7, 11) is 2.27. The van der Waals surface area contributed by atoms with Gasteiger partial charge >= 0.3 is 0 Å². The van der Waals surface area contributed by atoms with E-state index in [0.717, 1.165) is 19.1 Å². The van der Waals surface area contributed by atoms with Gasteiger partial charge in [-0.25, -0.2) is 0 Å². The molecule has 1 aliphatic rings. The summed E-state index contributed by atoms with van der Waals surface area (Å²) in [6.07, 6.45) is 10.8. The molecule has 3 heteroatoms. The maximum atomic E-state index is 4.17. The maximum Gasteiger partial charge on any atom is 0.0315 e. The van der Waals surface area contributed by atoms with Crippen LogP contribution >= 0.6 is 0 Å². The molecule has 1 atom stereocenters. The van der Waals surface area contributed by atoms with E-state index in [9.17, 15) is 0 Å². The summed E-state index contributed by atoms with van der Waals surface area (Å²) in [6.45, 7) is 4.38. The molecular weight excluding hydrogens is 234 g/mol. The second-order valence-electron chi connectivity index (χ2n) is 5.73. The lowest BCUT2D eigenvalue weighted by Crippen LogP contribution is -2.38. The largest absolute Gasteiger partial charge is 0.309 e. The molecule has 0 unspecified atom stereocenters. The lowest BCUT2D eigenvalue weighted by Gasteiger charge is -2.31. The minimum atomic E-state index is 0.383. The van der Waals surface area contributed by atoms with Crippen LogP contribution in [-0.4, -0.2) is 36.1 Å². The van der Waals surface area contributed by atoms with Crippen LogP contribution in [-0.2, 0) is 0 Å². The molecule has 1 fully saturated rings. The van der Waals surface area contributed by atoms with Crippen molar-refractivity contribution in [1.82, 2.24) is 15.2 Å². The summed E-state index contributed by atoms with van der Waals surface area (Å²) in [4.78, 5) is 6.70. The van der Waals surface area contributed by atoms with Crippen molar-refractivity contribution in [2.75, 3.05) is 20.1 Å². The van der Waals surface area contributed by atoms with E-state index in [1.54, 1.807) is 0 Å². The van der Waals surface area contributed by atoms with Gasteiger partial charge in [0.2, 0.25) is 0 Å². The van der Waals surface area contributed by atoms with Crippen molar-refractivity contribution >= 4 is 0 Å². The van der Waals surface area contributed by atoms with Crippen molar-refractivity contribution in [2.24, 2.45) is 0 Å². The van der Waals surface area contributed by atoms with Gasteiger partial charge in [0.1, 0.15) is 0 Å². The molecule has 0 aliphatic heterocycles. The number of hydrogen-bond donors (Lipinski definition) is 1. The smallest absolute Gasteiger partial charge is 0.0315 e. The first-order valence-corrected chi connectivity index (χ1v) is 7.61. The molecule has 0 bridgehead atoms. The molecule has 106 valence electrons. The first kappa shape index (κ1) is 14.5. The monoisotopic (exact) mass is 261 g/mol. The van der Waals surface area contributed by atoms with Crippen LogP contribution in [0, 0.1) is 0 Å². The summed E-state index contributed by atoms with van der Waals surface area (Å²) in [5.41, 5.74) is 1.27. The zero-order chi connectivity index (χ0) is 13.5. The lowest BCUT2D eigenvalue weighted by molar-refractivity contribution is 0.191. The third kappa shape index (κ3) is 4.59. The Morgan fingerprint density at radius 1 is 1.37 bits per heavy atom. The zero-order valence-corrected chi connectivity index (χ0v) is 12.3. The van der Waals surface area contributed by atoms with E-state index in [4.69, 9.17) is 0 Å². The molecule has 0 amide bonds. The summed E-state index contributed by atoms with van der Waals surface area (Å²) >= 11 is 0. The molecule has 1 N–H and O–H groups in total. The Balaban J connectivity index is 1.68. The van der Waals surface area contributed by atoms with E-state index in [1.165, 1.54) is 37.7 Å². The Morgan fingerprint density at radius 3 is 2.84 bits per heavy atom. The molecule has 0 spiro atoms. The molecular formula is C16H27N3. The maximum absolute atomic E-state index is 4.17. The zero-order valence-electron chi connectivity index (χ0n) is 12.3. The van der Waals surface area contributed by atoms with Gasteiger partial charge in [0, 0.05) is 37.6 Å². The number of nitrogens with one attached hydrogen (secondary N) is 1. The van der Waals surface area contributed by atoms with Crippen LogP contribution in [0.5, 0.6) is 0 Å². The van der Waals surface area contributed by atoms with Gasteiger partial charge in [0.25, 0.3) is 0 Å². The third-order valence-corrected chi connectivity index (χ3v) is 4.30. The van der Waals surface area contributed by atoms with Gasteiger partial charge < -0.3 is 10.2 Å². The number of rotatable bonds is 6. The Morgan fingerprint density at radius 2 is 2.16 bits per heavy atom. The lowest BCUT2D eigenvalue weighted by atomic mass is 9.94. The van der Waals surface area contributed by atoms with Gasteiger partial charge in [-0.2, -0.15) is 0 Å². The molecule has 19 heavy (non-hydrogen) atoms. The van der Waals surface area contributed by atoms with Crippen LogP contribution in [0.15, 0.2) is 24.5 Å². The molecule has 1 aliphatic carbocycles. The van der Waals surface area contributed by atoms with E-state index < -0.39 is 0 Å². The topological polar surface area (TPSA) is 28.2 Å². The first-order chi connectivity index (χ1) is 9.27. The number of aromatic nitrogens is 1. The van der Waals surface area contributed by atoms with Crippen molar-refractivity contribution in [3.05, 3.63) is 30.1 Å². The van der Waals surface area contributed by atoms with Crippen molar-refractivity contribution in [3.8, 4) is 0 Å². The number of likely N-dealkylation sites (N-methyl/N-ethyl adjacent to an activating group) is 1. The molecule has 1 saturated carbocycles. The van der Waals surface area contributed by atoms with E-state index in [0.29, 0.717) is 6.04 Å². The number of hydrogen-bond acceptors (Lipinski definition) is 3. The molecule has 1 heterocycles. The van der Waals surface area contributed by atoms with Crippen LogP contribution in [0.1, 0.15) is 50.6 Å². The van der Waals surface area contributed by atoms with E-state index >= 15 is 0 Å². The standard InChI is InChI=1S/C16H27N3/c1-14(15-7-6-10-17-13-15)18-11-12-19(2)16-8-4-3-5-9-16/h6-7,10,13-14,16,18H,3-5,8-9,11-12H2,1-2H3/t14-/m1/s1. The fourth-order valence-electron chi connectivity index (χ4n) is 2.91. The quantitative estimate of drug-likeness (QED) is 0.853. The van der Waals surface area contributed by atoms with Crippen LogP contribution in [0.25, 0.3) is 0 Å². The summed E-state index contributed by atoms with van der Waals surface area (Å²) < 4.78 is 0. The van der Waals surface area contributed by atoms with Crippen molar-refractivity contribution in [3.63, 3.8) is 0 Å². The highest BCUT2D eigenvalue weighted by Gasteiger charge is 2.17. The Labute approximate surface area is 117 Å². The van der Waals surface area contributed by atoms with E-state index in [1.807, 2.05) is 18.5 Å². The highest BCUT2D eigenvalue weighted by Crippen LogP contribution is 2.21. The van der Waals surface area contributed by atoms with Gasteiger partial charge in [0.15, 0.2) is 0 Å². The molecule has 1 aromatic heterocycles. The Hall–Kier alpha value is -0.930. The normalized spacial score (nSPS) is 18.7. The fraction of sp³-hybridized carbons (Fsp3) is 0.688. The van der Waals surface area contributed by atoms with Crippen LogP contribution in [0.4, 0.5) is 0 Å². The third-order valence-electron chi connectivity index (χ3n) is 4.30. The molecule has 3 nitrogen and oxygen atoms in total. The van der Waals surface area contributed by atoms with E-state index in [2.05, 4.69) is 35.2 Å². The van der Waals surface area contributed by atoms with Crippen molar-refractivity contribution < 1.29 is 0 Å². The predicted molar refractivity (Wildman–Crippen MR) is 80.2 cm³/mol. The Kier molecular flexibility index (Phi) is 5.80. The Bertz CT molecular complexity index is 346. The molecule has 1 aromatic rings. The molecule has 0 radical (unpaired) electrons. The second-order valence-corrected chi connectivity index (χ2v) is 5.73. The van der Waals surface area contributed by atoms with Crippen LogP contribution < -0.4 is 5.32 Å². The van der Waals surface area contributed by atoms with Gasteiger partial charge in [-0.15, -0.1) is 0 Å². The number of pyridine rings is 1. The summed E-state index contributed by atoms with van der Waals surface area (Å²) in [5, 5.41) is 3.59. The van der Waals surface area contributed by atoms with E-state index in [-0.39, 0.29) is 0 Å². The van der Waals surface area contributed by atoms with Crippen LogP contribution in [0.3, 0.4) is 0 Å². The summed E-state index contributed by atoms with van der Waals surface area (Å²) in [5.74, 6) is 0. The predicted octanol–water partition coefficient (Wildman–Crippen LogP) is 3.00. The SMILES string of the molecule is C[C@@H](NCCN(C)C1CCCCC1)c1cccnc1. The van der Waals surface area contributed by atoms with Gasteiger partial charge in [0.05, 0.1) is 0 Å². The van der Waals surface area contributed by atoms with Crippen molar-refractivity contribution in [1.29, 1.82) is 0 Å². The average Bonchev–Trinajstić information content (AvgIpc) is 2.49. The second kappa shape index (κ2) is 7.61. The van der Waals surface area contributed by atoms with Crippen LogP contribution in [0.2, 0.25) is 0 Å². The first-order valence-electron chi connectivity index (χ1n) is 7.61. The van der Waals surface area contributed by atoms with Gasteiger partial charge in [-0.1, -0.05) is 25.3 Å². The van der Waals surface area contributed by atoms with Crippen molar-refractivity contribution in [2.45, 2.75) is 51.1 Å². The molecule has 2 rings (SSSR count). The summed E-state index contributed by atoms with van der Waals surface area (Å²) in [6, 6.07) is 5.33. The number of nitrogens with zero attached hydrogens (tertiary/aromatic N) is 2. The minimum absolute atomic E-state index is 0.383. The van der Waals surface area contributed by atoms with Gasteiger partial charge in [-0.05, 0) is 38.4 Å². The average molecular weight is 261 g/mol. The minimum Gasteiger partial charge on any atom is -0.309 e. The highest BCUT2D eigenvalue weighted by molar-refractivity contribution is 5.12. The molecule has 0 saturated heterocycles. The van der Waals surface area contributed by atoms with Gasteiger partial charge in [-0.3, -0.25) is 4.98 Å². The molecule has 0 aromatic carbocycles.